The number of amides is 3. The van der Waals surface area contributed by atoms with Gasteiger partial charge in [-0.25, -0.2) is 5.43 Å². The Labute approximate surface area is 227 Å². The van der Waals surface area contributed by atoms with E-state index in [9.17, 15) is 14.4 Å². The molecule has 0 fully saturated rings. The second-order valence-corrected chi connectivity index (χ2v) is 8.65. The molecule has 0 radical (unpaired) electrons. The highest BCUT2D eigenvalue weighted by molar-refractivity contribution is 6.39. The van der Waals surface area contributed by atoms with E-state index in [2.05, 4.69) is 21.2 Å². The Balaban J connectivity index is 1.50. The largest absolute Gasteiger partial charge is 0.494 e. The van der Waals surface area contributed by atoms with Gasteiger partial charge in [0.15, 0.2) is 18.1 Å². The van der Waals surface area contributed by atoms with Crippen LogP contribution < -0.4 is 30.3 Å². The molecule has 0 aliphatic carbocycles. The Morgan fingerprint density at radius 3 is 2.21 bits per heavy atom. The first kappa shape index (κ1) is 28.7. The van der Waals surface area contributed by atoms with Crippen molar-refractivity contribution in [1.82, 2.24) is 5.43 Å². The van der Waals surface area contributed by atoms with Crippen LogP contribution >= 0.6 is 0 Å². The Hall–Kier alpha value is -4.86. The maximum Gasteiger partial charge on any atom is 0.329 e. The summed E-state index contributed by atoms with van der Waals surface area (Å²) in [6, 6.07) is 17.4. The standard InChI is InChI=1S/C29H32N4O6/c1-5-12-38-24-9-7-22(8-10-24)32-28(35)29(36)33-30-17-21-6-11-25(26(16-21)37-4)39-18-27(34)31-23-14-19(2)13-20(3)15-23/h6-11,13-17H,5,12,18H2,1-4H3,(H,31,34)(H,32,35)(H,33,36)/b30-17-. The van der Waals surface area contributed by atoms with Crippen LogP contribution in [0.2, 0.25) is 0 Å². The summed E-state index contributed by atoms with van der Waals surface area (Å²) < 4.78 is 16.5. The average Bonchev–Trinajstić information content (AvgIpc) is 2.91. The van der Waals surface area contributed by atoms with Gasteiger partial charge in [-0.3, -0.25) is 14.4 Å². The van der Waals surface area contributed by atoms with Gasteiger partial charge in [-0.15, -0.1) is 0 Å². The van der Waals surface area contributed by atoms with Crippen molar-refractivity contribution in [3.63, 3.8) is 0 Å². The number of hydrogen-bond acceptors (Lipinski definition) is 7. The molecule has 39 heavy (non-hydrogen) atoms. The summed E-state index contributed by atoms with van der Waals surface area (Å²) in [5.74, 6) is -0.701. The van der Waals surface area contributed by atoms with Gasteiger partial charge in [0, 0.05) is 11.4 Å². The van der Waals surface area contributed by atoms with Crippen molar-refractivity contribution in [2.75, 3.05) is 31.0 Å². The molecule has 0 spiro atoms. The number of nitrogens with one attached hydrogen (secondary N) is 3. The van der Waals surface area contributed by atoms with Gasteiger partial charge in [0.1, 0.15) is 5.75 Å². The van der Waals surface area contributed by atoms with Crippen LogP contribution in [0.4, 0.5) is 11.4 Å². The van der Waals surface area contributed by atoms with E-state index >= 15 is 0 Å². The number of hydrogen-bond donors (Lipinski definition) is 3. The van der Waals surface area contributed by atoms with Crippen LogP contribution in [-0.2, 0) is 14.4 Å². The predicted octanol–water partition coefficient (Wildman–Crippen LogP) is 4.21. The second-order valence-electron chi connectivity index (χ2n) is 8.65. The molecule has 0 aromatic heterocycles. The number of hydrazone groups is 1. The number of carbonyl (C=O) groups excluding carboxylic acids is 3. The zero-order chi connectivity index (χ0) is 28.2. The van der Waals surface area contributed by atoms with Crippen molar-refractivity contribution in [3.8, 4) is 17.2 Å². The molecule has 0 aliphatic rings. The van der Waals surface area contributed by atoms with Gasteiger partial charge in [-0.05, 0) is 91.6 Å². The van der Waals surface area contributed by atoms with Crippen LogP contribution in [-0.4, -0.2) is 44.3 Å². The fourth-order valence-corrected chi connectivity index (χ4v) is 3.53. The Kier molecular flexibility index (Phi) is 10.4. The van der Waals surface area contributed by atoms with Gasteiger partial charge in [-0.2, -0.15) is 5.10 Å². The molecule has 3 aromatic carbocycles. The first-order valence-corrected chi connectivity index (χ1v) is 12.3. The molecular formula is C29H32N4O6. The number of rotatable bonds is 11. The highest BCUT2D eigenvalue weighted by Crippen LogP contribution is 2.27. The summed E-state index contributed by atoms with van der Waals surface area (Å²) in [4.78, 5) is 36.6. The van der Waals surface area contributed by atoms with Crippen molar-refractivity contribution in [2.45, 2.75) is 27.2 Å². The van der Waals surface area contributed by atoms with Crippen LogP contribution in [0, 0.1) is 13.8 Å². The molecule has 0 unspecified atom stereocenters. The lowest BCUT2D eigenvalue weighted by atomic mass is 10.1. The third-order valence-corrected chi connectivity index (χ3v) is 5.22. The van der Waals surface area contributed by atoms with Crippen LogP contribution in [0.3, 0.4) is 0 Å². The van der Waals surface area contributed by atoms with Crippen LogP contribution in [0.1, 0.15) is 30.0 Å². The number of aryl methyl sites for hydroxylation is 2. The normalized spacial score (nSPS) is 10.6. The third-order valence-electron chi connectivity index (χ3n) is 5.22. The van der Waals surface area contributed by atoms with Crippen LogP contribution in [0.5, 0.6) is 17.2 Å². The predicted molar refractivity (Wildman–Crippen MR) is 150 cm³/mol. The molecule has 3 N–H and O–H groups in total. The van der Waals surface area contributed by atoms with Crippen molar-refractivity contribution >= 4 is 35.3 Å². The van der Waals surface area contributed by atoms with E-state index in [1.165, 1.54) is 13.3 Å². The lowest BCUT2D eigenvalue weighted by Crippen LogP contribution is -2.32. The minimum absolute atomic E-state index is 0.212. The van der Waals surface area contributed by atoms with Crippen molar-refractivity contribution < 1.29 is 28.6 Å². The Morgan fingerprint density at radius 2 is 1.54 bits per heavy atom. The maximum absolute atomic E-state index is 12.3. The number of anilines is 2. The van der Waals surface area contributed by atoms with E-state index in [1.807, 2.05) is 39.0 Å². The number of methoxy groups -OCH3 is 1. The van der Waals surface area contributed by atoms with Crippen LogP contribution in [0.15, 0.2) is 65.8 Å². The fraction of sp³-hybridized carbons (Fsp3) is 0.241. The van der Waals surface area contributed by atoms with Crippen molar-refractivity contribution in [1.29, 1.82) is 0 Å². The zero-order valence-electron chi connectivity index (χ0n) is 22.4. The molecule has 0 saturated carbocycles. The van der Waals surface area contributed by atoms with Crippen LogP contribution in [0.25, 0.3) is 0 Å². The second kappa shape index (κ2) is 14.2. The molecule has 0 aliphatic heterocycles. The number of ether oxygens (including phenoxy) is 3. The molecule has 0 saturated heterocycles. The SMILES string of the molecule is CCCOc1ccc(NC(=O)C(=O)N/N=C\c2ccc(OCC(=O)Nc3cc(C)cc(C)c3)c(OC)c2)cc1. The van der Waals surface area contributed by atoms with E-state index < -0.39 is 11.8 Å². The van der Waals surface area contributed by atoms with E-state index in [1.54, 1.807) is 42.5 Å². The van der Waals surface area contributed by atoms with Gasteiger partial charge in [-0.1, -0.05) is 13.0 Å². The molecule has 0 atom stereocenters. The fourth-order valence-electron chi connectivity index (χ4n) is 3.53. The molecule has 3 amide bonds. The van der Waals surface area contributed by atoms with Crippen molar-refractivity contribution in [3.05, 3.63) is 77.4 Å². The number of benzene rings is 3. The summed E-state index contributed by atoms with van der Waals surface area (Å²) in [7, 11) is 1.47. The summed E-state index contributed by atoms with van der Waals surface area (Å²) in [6.07, 6.45) is 2.24. The zero-order valence-corrected chi connectivity index (χ0v) is 22.4. The Bertz CT molecular complexity index is 1320. The summed E-state index contributed by atoms with van der Waals surface area (Å²) >= 11 is 0. The summed E-state index contributed by atoms with van der Waals surface area (Å²) in [5, 5.41) is 9.13. The molecular weight excluding hydrogens is 500 g/mol. The number of nitrogens with zero attached hydrogens (tertiary/aromatic N) is 1. The molecule has 10 heteroatoms. The minimum atomic E-state index is -0.931. The molecule has 204 valence electrons. The summed E-state index contributed by atoms with van der Waals surface area (Å²) in [6.45, 7) is 6.31. The molecule has 0 bridgehead atoms. The lowest BCUT2D eigenvalue weighted by Gasteiger charge is -2.12. The van der Waals surface area contributed by atoms with Gasteiger partial charge in [0.25, 0.3) is 5.91 Å². The van der Waals surface area contributed by atoms with E-state index in [0.29, 0.717) is 40.8 Å². The molecule has 3 aromatic rings. The van der Waals surface area contributed by atoms with Gasteiger partial charge < -0.3 is 24.8 Å². The first-order valence-electron chi connectivity index (χ1n) is 12.3. The molecule has 3 rings (SSSR count). The Morgan fingerprint density at radius 1 is 0.821 bits per heavy atom. The van der Waals surface area contributed by atoms with E-state index in [0.717, 1.165) is 17.5 Å². The van der Waals surface area contributed by atoms with E-state index in [4.69, 9.17) is 14.2 Å². The van der Waals surface area contributed by atoms with E-state index in [-0.39, 0.29) is 12.5 Å². The summed E-state index contributed by atoms with van der Waals surface area (Å²) in [5.41, 5.74) is 6.00. The maximum atomic E-state index is 12.3. The van der Waals surface area contributed by atoms with Gasteiger partial charge >= 0.3 is 11.8 Å². The lowest BCUT2D eigenvalue weighted by molar-refractivity contribution is -0.136. The third kappa shape index (κ3) is 9.19. The minimum Gasteiger partial charge on any atom is -0.494 e. The molecule has 0 heterocycles. The molecule has 10 nitrogen and oxygen atoms in total. The average molecular weight is 533 g/mol. The smallest absolute Gasteiger partial charge is 0.329 e. The highest BCUT2D eigenvalue weighted by atomic mass is 16.5. The van der Waals surface area contributed by atoms with Gasteiger partial charge in [0.05, 0.1) is 19.9 Å². The first-order chi connectivity index (χ1) is 18.8. The van der Waals surface area contributed by atoms with Gasteiger partial charge in [0.2, 0.25) is 0 Å². The van der Waals surface area contributed by atoms with Crippen molar-refractivity contribution in [2.24, 2.45) is 5.10 Å². The highest BCUT2D eigenvalue weighted by Gasteiger charge is 2.13. The topological polar surface area (TPSA) is 127 Å². The monoisotopic (exact) mass is 532 g/mol. The quantitative estimate of drug-likeness (QED) is 0.193. The number of carbonyl (C=O) groups is 3.